The molecule has 114 valence electrons. The molecule has 6 heteroatoms. The molecule has 0 radical (unpaired) electrons. The first-order chi connectivity index (χ1) is 11.2. The zero-order valence-electron chi connectivity index (χ0n) is 11.9. The molecule has 1 aromatic heterocycles. The number of hydrogen-bond donors (Lipinski definition) is 2. The zero-order valence-corrected chi connectivity index (χ0v) is 12.7. The molecule has 23 heavy (non-hydrogen) atoms. The monoisotopic (exact) mass is 324 g/mol. The Morgan fingerprint density at radius 2 is 1.78 bits per heavy atom. The Morgan fingerprint density at radius 3 is 2.39 bits per heavy atom. The van der Waals surface area contributed by atoms with E-state index in [9.17, 15) is 14.7 Å². The first kappa shape index (κ1) is 14.9. The lowest BCUT2D eigenvalue weighted by Crippen LogP contribution is -2.11. The fourth-order valence-corrected chi connectivity index (χ4v) is 2.64. The summed E-state index contributed by atoms with van der Waals surface area (Å²) in [5.74, 6) is -0.140. The zero-order chi connectivity index (χ0) is 16.2. The largest absolute Gasteiger partial charge is 0.508 e. The van der Waals surface area contributed by atoms with Gasteiger partial charge in [0.15, 0.2) is 11.3 Å². The molecule has 0 aliphatic heterocycles. The van der Waals surface area contributed by atoms with Crippen molar-refractivity contribution in [1.29, 1.82) is 0 Å². The predicted octanol–water partition coefficient (Wildman–Crippen LogP) is 3.58. The number of carbonyl (C=O) groups excluding carboxylic acids is 2. The predicted molar refractivity (Wildman–Crippen MR) is 89.0 cm³/mol. The number of phenols is 1. The average molecular weight is 324 g/mol. The van der Waals surface area contributed by atoms with Gasteiger partial charge in [-0.05, 0) is 36.4 Å². The Kier molecular flexibility index (Phi) is 4.16. The van der Waals surface area contributed by atoms with Gasteiger partial charge in [0, 0.05) is 22.2 Å². The normalized spacial score (nSPS) is 10.3. The van der Waals surface area contributed by atoms with Gasteiger partial charge in [0.1, 0.15) is 5.75 Å². The summed E-state index contributed by atoms with van der Waals surface area (Å²) >= 11 is 1.29. The Morgan fingerprint density at radius 1 is 1.09 bits per heavy atom. The molecule has 0 saturated heterocycles. The van der Waals surface area contributed by atoms with Crippen molar-refractivity contribution in [3.05, 3.63) is 64.5 Å². The molecule has 1 heterocycles. The molecule has 2 aromatic carbocycles. The number of benzene rings is 2. The van der Waals surface area contributed by atoms with Crippen LogP contribution in [0.15, 0.2) is 53.9 Å². The summed E-state index contributed by atoms with van der Waals surface area (Å²) < 4.78 is 0. The van der Waals surface area contributed by atoms with Gasteiger partial charge in [0.25, 0.3) is 5.91 Å². The van der Waals surface area contributed by atoms with Crippen LogP contribution in [0.25, 0.3) is 11.3 Å². The van der Waals surface area contributed by atoms with Crippen LogP contribution in [-0.2, 0) is 0 Å². The number of rotatable bonds is 4. The molecule has 0 bridgehead atoms. The van der Waals surface area contributed by atoms with E-state index in [0.717, 1.165) is 17.5 Å². The third kappa shape index (κ3) is 3.44. The molecular weight excluding hydrogens is 312 g/mol. The van der Waals surface area contributed by atoms with E-state index in [1.807, 2.05) is 17.5 Å². The Balaban J connectivity index is 1.73. The van der Waals surface area contributed by atoms with E-state index >= 15 is 0 Å². The van der Waals surface area contributed by atoms with E-state index in [-0.39, 0.29) is 11.7 Å². The van der Waals surface area contributed by atoms with Crippen molar-refractivity contribution in [2.75, 3.05) is 5.32 Å². The summed E-state index contributed by atoms with van der Waals surface area (Å²) in [5.41, 5.74) is 2.71. The van der Waals surface area contributed by atoms with Crippen LogP contribution in [-0.4, -0.2) is 22.3 Å². The minimum Gasteiger partial charge on any atom is -0.508 e. The topological polar surface area (TPSA) is 79.3 Å². The number of nitrogens with zero attached hydrogens (tertiary/aromatic N) is 1. The highest BCUT2D eigenvalue weighted by Crippen LogP contribution is 2.23. The summed E-state index contributed by atoms with van der Waals surface area (Å²) in [6.07, 6.45) is 0.723. The molecule has 0 fully saturated rings. The Hall–Kier alpha value is -2.99. The number of anilines is 1. The average Bonchev–Trinajstić information content (AvgIpc) is 3.05. The summed E-state index contributed by atoms with van der Waals surface area (Å²) in [5, 5.41) is 14.3. The van der Waals surface area contributed by atoms with Crippen molar-refractivity contribution in [1.82, 2.24) is 4.98 Å². The van der Waals surface area contributed by atoms with Crippen LogP contribution >= 0.6 is 11.3 Å². The number of amides is 1. The molecule has 2 N–H and O–H groups in total. The third-order valence-corrected chi connectivity index (χ3v) is 3.96. The highest BCUT2D eigenvalue weighted by molar-refractivity contribution is 7.11. The molecular formula is C17H12N2O3S. The van der Waals surface area contributed by atoms with Gasteiger partial charge < -0.3 is 10.4 Å². The number of hydrogen-bond acceptors (Lipinski definition) is 5. The van der Waals surface area contributed by atoms with E-state index in [2.05, 4.69) is 10.3 Å². The lowest BCUT2D eigenvalue weighted by atomic mass is 10.1. The first-order valence-corrected chi connectivity index (χ1v) is 7.65. The Labute approximate surface area is 136 Å². The van der Waals surface area contributed by atoms with E-state index in [0.29, 0.717) is 16.3 Å². The summed E-state index contributed by atoms with van der Waals surface area (Å²) in [6.45, 7) is 0. The SMILES string of the molecule is O=Cc1nc(-c2ccc(NC(=O)c3ccc(O)cc3)cc2)cs1. The maximum atomic E-state index is 12.1. The van der Waals surface area contributed by atoms with Crippen molar-refractivity contribution < 1.29 is 14.7 Å². The van der Waals surface area contributed by atoms with E-state index < -0.39 is 0 Å². The lowest BCUT2D eigenvalue weighted by Gasteiger charge is -2.06. The van der Waals surface area contributed by atoms with Gasteiger partial charge in [-0.3, -0.25) is 9.59 Å². The minimum atomic E-state index is -0.255. The maximum Gasteiger partial charge on any atom is 0.255 e. The van der Waals surface area contributed by atoms with Gasteiger partial charge >= 0.3 is 0 Å². The summed E-state index contributed by atoms with van der Waals surface area (Å²) in [4.78, 5) is 26.9. The van der Waals surface area contributed by atoms with Crippen LogP contribution in [0.4, 0.5) is 5.69 Å². The van der Waals surface area contributed by atoms with Crippen molar-refractivity contribution >= 4 is 29.2 Å². The van der Waals surface area contributed by atoms with Gasteiger partial charge in [-0.15, -0.1) is 11.3 Å². The number of aromatic nitrogens is 1. The standard InChI is InChI=1S/C17H12N2O3S/c20-9-16-19-15(10-23-16)11-1-5-13(6-2-11)18-17(22)12-3-7-14(21)8-4-12/h1-10,21H,(H,18,22). The van der Waals surface area contributed by atoms with Gasteiger partial charge in [0.05, 0.1) is 5.69 Å². The van der Waals surface area contributed by atoms with E-state index in [1.54, 1.807) is 24.3 Å². The van der Waals surface area contributed by atoms with Crippen LogP contribution in [0.3, 0.4) is 0 Å². The Bertz CT molecular complexity index is 839. The molecule has 3 rings (SSSR count). The molecule has 1 amide bonds. The highest BCUT2D eigenvalue weighted by atomic mass is 32.1. The van der Waals surface area contributed by atoms with Gasteiger partial charge in [-0.25, -0.2) is 4.98 Å². The van der Waals surface area contributed by atoms with Crippen molar-refractivity contribution in [3.63, 3.8) is 0 Å². The number of thiazole rings is 1. The van der Waals surface area contributed by atoms with Crippen LogP contribution in [0.2, 0.25) is 0 Å². The van der Waals surface area contributed by atoms with E-state index in [4.69, 9.17) is 0 Å². The number of nitrogens with one attached hydrogen (secondary N) is 1. The molecule has 0 atom stereocenters. The van der Waals surface area contributed by atoms with Crippen LogP contribution in [0, 0.1) is 0 Å². The molecule has 3 aromatic rings. The second kappa shape index (κ2) is 6.41. The fourth-order valence-electron chi connectivity index (χ4n) is 2.01. The van der Waals surface area contributed by atoms with Crippen molar-refractivity contribution in [2.24, 2.45) is 0 Å². The van der Waals surface area contributed by atoms with Gasteiger partial charge in [0.2, 0.25) is 0 Å². The molecule has 0 spiro atoms. The fraction of sp³-hybridized carbons (Fsp3) is 0. The molecule has 0 aliphatic carbocycles. The highest BCUT2D eigenvalue weighted by Gasteiger charge is 2.07. The first-order valence-electron chi connectivity index (χ1n) is 6.77. The third-order valence-electron chi connectivity index (χ3n) is 3.19. The number of phenolic OH excluding ortho intramolecular Hbond substituents is 1. The smallest absolute Gasteiger partial charge is 0.255 e. The lowest BCUT2D eigenvalue weighted by molar-refractivity contribution is 0.102. The van der Waals surface area contributed by atoms with Crippen LogP contribution in [0.5, 0.6) is 5.75 Å². The number of carbonyl (C=O) groups is 2. The maximum absolute atomic E-state index is 12.1. The summed E-state index contributed by atoms with van der Waals surface area (Å²) in [7, 11) is 0. The molecule has 0 unspecified atom stereocenters. The van der Waals surface area contributed by atoms with Gasteiger partial charge in [-0.2, -0.15) is 0 Å². The minimum absolute atomic E-state index is 0.115. The second-order valence-electron chi connectivity index (χ2n) is 4.77. The quantitative estimate of drug-likeness (QED) is 0.719. The molecule has 0 saturated carbocycles. The van der Waals surface area contributed by atoms with Crippen LogP contribution < -0.4 is 5.32 Å². The van der Waals surface area contributed by atoms with E-state index in [1.165, 1.54) is 23.5 Å². The van der Waals surface area contributed by atoms with Gasteiger partial charge in [-0.1, -0.05) is 12.1 Å². The van der Waals surface area contributed by atoms with Crippen molar-refractivity contribution in [2.45, 2.75) is 0 Å². The second-order valence-corrected chi connectivity index (χ2v) is 5.66. The molecule has 5 nitrogen and oxygen atoms in total. The molecule has 0 aliphatic rings. The van der Waals surface area contributed by atoms with Crippen LogP contribution in [0.1, 0.15) is 20.2 Å². The summed E-state index contributed by atoms with van der Waals surface area (Å²) in [6, 6.07) is 13.2. The number of aromatic hydroxyl groups is 1. The van der Waals surface area contributed by atoms with Crippen molar-refractivity contribution in [3.8, 4) is 17.0 Å². The number of aldehydes is 1.